The average molecular weight is 283 g/mol. The van der Waals surface area contributed by atoms with Crippen molar-refractivity contribution in [3.8, 4) is 0 Å². The van der Waals surface area contributed by atoms with Gasteiger partial charge < -0.3 is 14.7 Å². The first-order chi connectivity index (χ1) is 9.08. The standard InChI is InChI=1S/C13H17NO4S/c1-9(7-10-3-2-6-19-10)12(15)14-4-5-18-11(8-14)13(16)17/h2-3,6,9,11H,4-5,7-8H2,1H3,(H,16,17)/t9-,11-/m0/s1. The minimum Gasteiger partial charge on any atom is -0.479 e. The highest BCUT2D eigenvalue weighted by Crippen LogP contribution is 2.17. The fourth-order valence-electron chi connectivity index (χ4n) is 2.13. The summed E-state index contributed by atoms with van der Waals surface area (Å²) >= 11 is 1.63. The topological polar surface area (TPSA) is 66.8 Å². The van der Waals surface area contributed by atoms with E-state index in [1.165, 1.54) is 4.88 Å². The number of nitrogens with zero attached hydrogens (tertiary/aromatic N) is 1. The number of ether oxygens (including phenoxy) is 1. The van der Waals surface area contributed by atoms with Crippen LogP contribution in [0.4, 0.5) is 0 Å². The Kier molecular flexibility index (Phi) is 4.55. The molecule has 6 heteroatoms. The molecule has 0 radical (unpaired) electrons. The molecule has 1 saturated heterocycles. The maximum Gasteiger partial charge on any atom is 0.334 e. The normalized spacial score (nSPS) is 21.1. The molecule has 0 aromatic carbocycles. The molecule has 0 spiro atoms. The van der Waals surface area contributed by atoms with Crippen molar-refractivity contribution in [3.63, 3.8) is 0 Å². The zero-order chi connectivity index (χ0) is 13.8. The number of carbonyl (C=O) groups is 2. The molecule has 104 valence electrons. The summed E-state index contributed by atoms with van der Waals surface area (Å²) in [6.07, 6.45) is -0.197. The highest BCUT2D eigenvalue weighted by atomic mass is 32.1. The van der Waals surface area contributed by atoms with Crippen LogP contribution in [-0.2, 0) is 20.7 Å². The maximum absolute atomic E-state index is 12.3. The Hall–Kier alpha value is -1.40. The van der Waals surface area contributed by atoms with Crippen molar-refractivity contribution in [1.82, 2.24) is 4.90 Å². The number of morpholine rings is 1. The lowest BCUT2D eigenvalue weighted by atomic mass is 10.0. The van der Waals surface area contributed by atoms with Gasteiger partial charge in [0.15, 0.2) is 6.10 Å². The molecule has 1 aromatic heterocycles. The molecule has 0 saturated carbocycles. The number of aliphatic carboxylic acids is 1. The predicted molar refractivity (Wildman–Crippen MR) is 71.1 cm³/mol. The molecule has 0 aliphatic carbocycles. The number of hydrogen-bond acceptors (Lipinski definition) is 4. The Balaban J connectivity index is 1.93. The maximum atomic E-state index is 12.3. The smallest absolute Gasteiger partial charge is 0.334 e. The minimum atomic E-state index is -1.01. The lowest BCUT2D eigenvalue weighted by Crippen LogP contribution is -2.50. The quantitative estimate of drug-likeness (QED) is 0.903. The van der Waals surface area contributed by atoms with Crippen molar-refractivity contribution in [3.05, 3.63) is 22.4 Å². The number of rotatable bonds is 4. The van der Waals surface area contributed by atoms with Crippen LogP contribution in [-0.4, -0.2) is 47.7 Å². The first kappa shape index (κ1) is 14.0. The van der Waals surface area contributed by atoms with E-state index in [1.807, 2.05) is 24.4 Å². The van der Waals surface area contributed by atoms with Gasteiger partial charge in [0.05, 0.1) is 13.2 Å². The van der Waals surface area contributed by atoms with Crippen LogP contribution in [0.15, 0.2) is 17.5 Å². The van der Waals surface area contributed by atoms with Gasteiger partial charge in [-0.15, -0.1) is 11.3 Å². The Bertz CT molecular complexity index is 446. The molecule has 1 aliphatic rings. The van der Waals surface area contributed by atoms with Gasteiger partial charge in [-0.05, 0) is 17.9 Å². The van der Waals surface area contributed by atoms with Gasteiger partial charge in [0.1, 0.15) is 0 Å². The van der Waals surface area contributed by atoms with E-state index in [2.05, 4.69) is 0 Å². The molecule has 0 unspecified atom stereocenters. The molecular weight excluding hydrogens is 266 g/mol. The number of carbonyl (C=O) groups excluding carboxylic acids is 1. The molecule has 2 heterocycles. The second-order valence-corrected chi connectivity index (χ2v) is 5.70. The van der Waals surface area contributed by atoms with Crippen molar-refractivity contribution >= 4 is 23.2 Å². The highest BCUT2D eigenvalue weighted by Gasteiger charge is 2.30. The van der Waals surface area contributed by atoms with E-state index < -0.39 is 12.1 Å². The van der Waals surface area contributed by atoms with E-state index in [9.17, 15) is 9.59 Å². The summed E-state index contributed by atoms with van der Waals surface area (Å²) < 4.78 is 5.11. The fraction of sp³-hybridized carbons (Fsp3) is 0.538. The fourth-order valence-corrected chi connectivity index (χ4v) is 2.96. The third-order valence-electron chi connectivity index (χ3n) is 3.16. The van der Waals surface area contributed by atoms with Crippen LogP contribution in [0.1, 0.15) is 11.8 Å². The van der Waals surface area contributed by atoms with Crippen molar-refractivity contribution in [2.75, 3.05) is 19.7 Å². The average Bonchev–Trinajstić information content (AvgIpc) is 2.90. The second-order valence-electron chi connectivity index (χ2n) is 4.67. The van der Waals surface area contributed by atoms with Crippen LogP contribution in [0.5, 0.6) is 0 Å². The second kappa shape index (κ2) is 6.16. The molecule has 1 N–H and O–H groups in total. The van der Waals surface area contributed by atoms with Gasteiger partial charge in [-0.25, -0.2) is 4.79 Å². The SMILES string of the molecule is C[C@@H](Cc1cccs1)C(=O)N1CCO[C@H](C(=O)O)C1. The van der Waals surface area contributed by atoms with Gasteiger partial charge in [0, 0.05) is 17.3 Å². The number of hydrogen-bond donors (Lipinski definition) is 1. The van der Waals surface area contributed by atoms with E-state index in [-0.39, 0.29) is 25.0 Å². The number of amides is 1. The van der Waals surface area contributed by atoms with Gasteiger partial charge in [-0.2, -0.15) is 0 Å². The lowest BCUT2D eigenvalue weighted by molar-refractivity contribution is -0.160. The first-order valence-corrected chi connectivity index (χ1v) is 7.11. The largest absolute Gasteiger partial charge is 0.479 e. The van der Waals surface area contributed by atoms with E-state index in [4.69, 9.17) is 9.84 Å². The van der Waals surface area contributed by atoms with Crippen LogP contribution < -0.4 is 0 Å². The monoisotopic (exact) mass is 283 g/mol. The van der Waals surface area contributed by atoms with Gasteiger partial charge >= 0.3 is 5.97 Å². The summed E-state index contributed by atoms with van der Waals surface area (Å²) in [7, 11) is 0. The van der Waals surface area contributed by atoms with Gasteiger partial charge in [0.25, 0.3) is 0 Å². The van der Waals surface area contributed by atoms with Crippen LogP contribution >= 0.6 is 11.3 Å². The van der Waals surface area contributed by atoms with E-state index in [0.717, 1.165) is 0 Å². The van der Waals surface area contributed by atoms with Crippen molar-refractivity contribution < 1.29 is 19.4 Å². The molecule has 5 nitrogen and oxygen atoms in total. The van der Waals surface area contributed by atoms with Crippen LogP contribution in [0, 0.1) is 5.92 Å². The predicted octanol–water partition coefficient (Wildman–Crippen LogP) is 1.24. The van der Waals surface area contributed by atoms with Crippen LogP contribution in [0.3, 0.4) is 0 Å². The molecular formula is C13H17NO4S. The summed E-state index contributed by atoms with van der Waals surface area (Å²) in [5.41, 5.74) is 0. The van der Waals surface area contributed by atoms with Gasteiger partial charge in [-0.1, -0.05) is 13.0 Å². The molecule has 1 fully saturated rings. The Labute approximate surface area is 115 Å². The van der Waals surface area contributed by atoms with Gasteiger partial charge in [-0.3, -0.25) is 4.79 Å². The van der Waals surface area contributed by atoms with Crippen molar-refractivity contribution in [1.29, 1.82) is 0 Å². The number of carboxylic acid groups (broad SMARTS) is 1. The van der Waals surface area contributed by atoms with E-state index >= 15 is 0 Å². The molecule has 2 atom stereocenters. The minimum absolute atomic E-state index is 0.00273. The van der Waals surface area contributed by atoms with Crippen LogP contribution in [0.25, 0.3) is 0 Å². The molecule has 2 rings (SSSR count). The first-order valence-electron chi connectivity index (χ1n) is 6.23. The van der Waals surface area contributed by atoms with Gasteiger partial charge in [0.2, 0.25) is 5.91 Å². The van der Waals surface area contributed by atoms with Crippen molar-refractivity contribution in [2.45, 2.75) is 19.4 Å². The molecule has 1 aliphatic heterocycles. The zero-order valence-electron chi connectivity index (χ0n) is 10.7. The molecule has 1 aromatic rings. The van der Waals surface area contributed by atoms with Crippen LogP contribution in [0.2, 0.25) is 0 Å². The zero-order valence-corrected chi connectivity index (χ0v) is 11.6. The third-order valence-corrected chi connectivity index (χ3v) is 4.06. The molecule has 19 heavy (non-hydrogen) atoms. The molecule has 1 amide bonds. The summed E-state index contributed by atoms with van der Waals surface area (Å²) in [5.74, 6) is -1.14. The van der Waals surface area contributed by atoms with E-state index in [0.29, 0.717) is 13.0 Å². The number of carboxylic acids is 1. The Morgan fingerprint density at radius 2 is 2.42 bits per heavy atom. The third kappa shape index (κ3) is 3.54. The Morgan fingerprint density at radius 1 is 1.63 bits per heavy atom. The lowest BCUT2D eigenvalue weighted by Gasteiger charge is -2.32. The summed E-state index contributed by atoms with van der Waals surface area (Å²) in [6.45, 7) is 2.78. The van der Waals surface area contributed by atoms with Crippen molar-refractivity contribution in [2.24, 2.45) is 5.92 Å². The summed E-state index contributed by atoms with van der Waals surface area (Å²) in [6, 6.07) is 3.97. The Morgan fingerprint density at radius 3 is 3.05 bits per heavy atom. The summed E-state index contributed by atoms with van der Waals surface area (Å²) in [5, 5.41) is 10.9. The highest BCUT2D eigenvalue weighted by molar-refractivity contribution is 7.09. The molecule has 0 bridgehead atoms. The summed E-state index contributed by atoms with van der Waals surface area (Å²) in [4.78, 5) is 25.9. The number of thiophene rings is 1. The van der Waals surface area contributed by atoms with E-state index in [1.54, 1.807) is 16.2 Å².